The minimum Gasteiger partial charge on any atom is -0.449 e. The summed E-state index contributed by atoms with van der Waals surface area (Å²) in [5.41, 5.74) is 0.954. The van der Waals surface area contributed by atoms with Crippen molar-refractivity contribution in [3.05, 3.63) is 28.2 Å². The molecule has 1 aliphatic carbocycles. The van der Waals surface area contributed by atoms with Gasteiger partial charge >= 0.3 is 6.16 Å². The lowest BCUT2D eigenvalue weighted by Gasteiger charge is -2.34. The Bertz CT molecular complexity index is 981. The Labute approximate surface area is 157 Å². The number of ether oxygens (including phenoxy) is 1. The maximum atomic E-state index is 12.7. The monoisotopic (exact) mass is 369 g/mol. The summed E-state index contributed by atoms with van der Waals surface area (Å²) in [5.74, 6) is 2.65. The van der Waals surface area contributed by atoms with Crippen LogP contribution in [0.15, 0.2) is 17.1 Å². The molecule has 0 bridgehead atoms. The molecule has 3 rings (SSSR count). The Kier molecular flexibility index (Phi) is 5.08. The molecule has 1 saturated carbocycles. The highest BCUT2D eigenvalue weighted by atomic mass is 16.7. The van der Waals surface area contributed by atoms with E-state index in [1.807, 2.05) is 13.8 Å². The third-order valence-corrected chi connectivity index (χ3v) is 5.10. The van der Waals surface area contributed by atoms with Gasteiger partial charge in [-0.25, -0.2) is 9.78 Å². The molecule has 142 valence electrons. The number of anilines is 1. The number of carbonyl (C=O) groups is 1. The van der Waals surface area contributed by atoms with Crippen LogP contribution in [0.1, 0.15) is 44.7 Å². The number of aromatic nitrogens is 2. The van der Waals surface area contributed by atoms with E-state index in [4.69, 9.17) is 11.5 Å². The van der Waals surface area contributed by atoms with E-state index in [1.165, 1.54) is 6.20 Å². The zero-order chi connectivity index (χ0) is 19.6. The van der Waals surface area contributed by atoms with Crippen LogP contribution in [-0.2, 0) is 6.54 Å². The number of rotatable bonds is 4. The van der Waals surface area contributed by atoms with Gasteiger partial charge in [0.15, 0.2) is 5.75 Å². The molecule has 1 fully saturated rings. The van der Waals surface area contributed by atoms with Gasteiger partial charge in [0, 0.05) is 6.54 Å². The second kappa shape index (κ2) is 7.31. The fourth-order valence-electron chi connectivity index (χ4n) is 3.63. The lowest BCUT2D eigenvalue weighted by Crippen LogP contribution is -2.39. The molecule has 7 nitrogen and oxygen atoms in total. The Balaban J connectivity index is 2.14. The van der Waals surface area contributed by atoms with E-state index in [0.717, 1.165) is 37.8 Å². The normalized spacial score (nSPS) is 15.9. The van der Waals surface area contributed by atoms with Gasteiger partial charge in [-0.05, 0) is 32.8 Å². The van der Waals surface area contributed by atoms with E-state index < -0.39 is 17.1 Å². The number of nitrogens with one attached hydrogen (secondary N) is 1. The van der Waals surface area contributed by atoms with Crippen LogP contribution in [0.3, 0.4) is 0 Å². The molecule has 2 heterocycles. The van der Waals surface area contributed by atoms with Gasteiger partial charge in [-0.3, -0.25) is 4.79 Å². The van der Waals surface area contributed by atoms with Crippen molar-refractivity contribution in [3.63, 3.8) is 0 Å². The number of nitrogens with zero attached hydrogens (tertiary/aromatic N) is 2. The van der Waals surface area contributed by atoms with Crippen molar-refractivity contribution in [2.45, 2.75) is 58.0 Å². The SMILES string of the molecule is C#CC1(Nc2cc3c(=O)c(OC(=O)O)cn(CC)c3nc2C)CCCCC1. The average Bonchev–Trinajstić information content (AvgIpc) is 2.65. The summed E-state index contributed by atoms with van der Waals surface area (Å²) in [6.45, 7) is 4.26. The number of fused-ring (bicyclic) bond motifs is 1. The quantitative estimate of drug-likeness (QED) is 0.633. The molecule has 0 radical (unpaired) electrons. The van der Waals surface area contributed by atoms with Crippen LogP contribution >= 0.6 is 0 Å². The molecule has 0 amide bonds. The first-order chi connectivity index (χ1) is 12.9. The van der Waals surface area contributed by atoms with Crippen molar-refractivity contribution < 1.29 is 14.6 Å². The Morgan fingerprint density at radius 3 is 2.74 bits per heavy atom. The smallest absolute Gasteiger partial charge is 0.449 e. The Morgan fingerprint density at radius 2 is 2.15 bits per heavy atom. The topological polar surface area (TPSA) is 93.5 Å². The van der Waals surface area contributed by atoms with Crippen LogP contribution in [0.2, 0.25) is 0 Å². The maximum Gasteiger partial charge on any atom is 0.511 e. The van der Waals surface area contributed by atoms with E-state index >= 15 is 0 Å². The maximum absolute atomic E-state index is 12.7. The van der Waals surface area contributed by atoms with E-state index in [1.54, 1.807) is 10.6 Å². The van der Waals surface area contributed by atoms with Gasteiger partial charge in [-0.2, -0.15) is 0 Å². The Hall–Kier alpha value is -3.01. The van der Waals surface area contributed by atoms with Gasteiger partial charge in [-0.15, -0.1) is 6.42 Å². The molecule has 0 aliphatic heterocycles. The van der Waals surface area contributed by atoms with Gasteiger partial charge in [0.2, 0.25) is 5.43 Å². The predicted molar refractivity (Wildman–Crippen MR) is 103 cm³/mol. The van der Waals surface area contributed by atoms with E-state index in [-0.39, 0.29) is 5.75 Å². The molecule has 0 spiro atoms. The van der Waals surface area contributed by atoms with Crippen molar-refractivity contribution in [2.75, 3.05) is 5.32 Å². The van der Waals surface area contributed by atoms with Crippen LogP contribution in [-0.4, -0.2) is 26.4 Å². The summed E-state index contributed by atoms with van der Waals surface area (Å²) in [7, 11) is 0. The van der Waals surface area contributed by atoms with Gasteiger partial charge in [0.1, 0.15) is 5.65 Å². The van der Waals surface area contributed by atoms with Gasteiger partial charge in [-0.1, -0.05) is 25.2 Å². The van der Waals surface area contributed by atoms with Crippen LogP contribution in [0.5, 0.6) is 5.75 Å². The zero-order valence-electron chi connectivity index (χ0n) is 15.5. The molecule has 0 saturated heterocycles. The molecule has 27 heavy (non-hydrogen) atoms. The van der Waals surface area contributed by atoms with Crippen LogP contribution in [0.4, 0.5) is 10.5 Å². The summed E-state index contributed by atoms with van der Waals surface area (Å²) in [6, 6.07) is 1.70. The second-order valence-corrected chi connectivity index (χ2v) is 6.88. The molecule has 2 N–H and O–H groups in total. The molecule has 0 unspecified atom stereocenters. The first-order valence-electron chi connectivity index (χ1n) is 9.10. The number of hydrogen-bond donors (Lipinski definition) is 2. The van der Waals surface area contributed by atoms with Crippen LogP contribution in [0.25, 0.3) is 11.0 Å². The molecule has 2 aromatic heterocycles. The number of hydrogen-bond acceptors (Lipinski definition) is 5. The van der Waals surface area contributed by atoms with Gasteiger partial charge < -0.3 is 19.7 Å². The zero-order valence-corrected chi connectivity index (χ0v) is 15.5. The lowest BCUT2D eigenvalue weighted by atomic mass is 9.82. The number of pyridine rings is 2. The first kappa shape index (κ1) is 18.8. The third-order valence-electron chi connectivity index (χ3n) is 5.10. The van der Waals surface area contributed by atoms with Crippen molar-refractivity contribution >= 4 is 22.9 Å². The highest BCUT2D eigenvalue weighted by molar-refractivity contribution is 5.82. The van der Waals surface area contributed by atoms with Crippen molar-refractivity contribution in [1.29, 1.82) is 0 Å². The highest BCUT2D eigenvalue weighted by Gasteiger charge is 2.30. The predicted octanol–water partition coefficient (Wildman–Crippen LogP) is 3.53. The van der Waals surface area contributed by atoms with E-state index in [2.05, 4.69) is 21.0 Å². The minimum atomic E-state index is -1.53. The third kappa shape index (κ3) is 3.61. The summed E-state index contributed by atoms with van der Waals surface area (Å²) in [6.07, 6.45) is 10.7. The average molecular weight is 369 g/mol. The van der Waals surface area contributed by atoms with Crippen LogP contribution < -0.4 is 15.5 Å². The standard InChI is InChI=1S/C20H23N3O4/c1-4-20(9-7-6-8-10-20)22-15-11-14-17(24)16(27-19(25)26)12-23(5-2)18(14)21-13(15)3/h1,11-12,22H,5-10H2,2-3H3,(H,25,26). The number of carboxylic acid groups (broad SMARTS) is 1. The lowest BCUT2D eigenvalue weighted by molar-refractivity contribution is 0.144. The van der Waals surface area contributed by atoms with E-state index in [9.17, 15) is 9.59 Å². The summed E-state index contributed by atoms with van der Waals surface area (Å²) in [5, 5.41) is 12.6. The molecule has 7 heteroatoms. The van der Waals surface area contributed by atoms with Crippen LogP contribution in [0, 0.1) is 19.3 Å². The number of aryl methyl sites for hydroxylation is 2. The van der Waals surface area contributed by atoms with Crippen molar-refractivity contribution in [3.8, 4) is 18.1 Å². The largest absolute Gasteiger partial charge is 0.511 e. The Morgan fingerprint density at radius 1 is 1.44 bits per heavy atom. The molecule has 2 aromatic rings. The summed E-state index contributed by atoms with van der Waals surface area (Å²) >= 11 is 0. The van der Waals surface area contributed by atoms with Gasteiger partial charge in [0.05, 0.1) is 28.5 Å². The fourth-order valence-corrected chi connectivity index (χ4v) is 3.63. The summed E-state index contributed by atoms with van der Waals surface area (Å²) < 4.78 is 6.36. The minimum absolute atomic E-state index is 0.238. The molecule has 1 aliphatic rings. The fraction of sp³-hybridized carbons (Fsp3) is 0.450. The van der Waals surface area contributed by atoms with Crippen molar-refractivity contribution in [2.24, 2.45) is 0 Å². The first-order valence-corrected chi connectivity index (χ1v) is 9.10. The molecular formula is C20H23N3O4. The molecule has 0 atom stereocenters. The molecular weight excluding hydrogens is 346 g/mol. The molecule has 0 aromatic carbocycles. The van der Waals surface area contributed by atoms with E-state index in [0.29, 0.717) is 23.3 Å². The highest BCUT2D eigenvalue weighted by Crippen LogP contribution is 2.32. The van der Waals surface area contributed by atoms with Gasteiger partial charge in [0.25, 0.3) is 0 Å². The van der Waals surface area contributed by atoms with Crippen molar-refractivity contribution in [1.82, 2.24) is 9.55 Å². The number of terminal acetylenes is 1. The second-order valence-electron chi connectivity index (χ2n) is 6.88. The summed E-state index contributed by atoms with van der Waals surface area (Å²) in [4.78, 5) is 28.2.